The number of hydrogen-bond acceptors (Lipinski definition) is 7. The number of Topliss-reactive ketones (excluding diaryl/α,β-unsaturated/α-hetero) is 2. The first kappa shape index (κ1) is 26.9. The summed E-state index contributed by atoms with van der Waals surface area (Å²) in [5.41, 5.74) is -1.91. The lowest BCUT2D eigenvalue weighted by molar-refractivity contribution is -0.337. The topological polar surface area (TPSA) is 110 Å². The van der Waals surface area contributed by atoms with Crippen LogP contribution >= 0.6 is 0 Å². The number of aliphatic hydroxyl groups excluding tert-OH is 2. The Labute approximate surface area is 230 Å². The molecule has 1 aromatic rings. The Balaban J connectivity index is 1.54. The van der Waals surface area contributed by atoms with Gasteiger partial charge in [0.2, 0.25) is 0 Å². The first-order valence-corrected chi connectivity index (χ1v) is 14.2. The molecule has 6 rings (SSSR count). The Morgan fingerprint density at radius 1 is 1.08 bits per heavy atom. The van der Waals surface area contributed by atoms with Crippen LogP contribution in [0.3, 0.4) is 0 Å². The van der Waals surface area contributed by atoms with Gasteiger partial charge in [0.15, 0.2) is 11.6 Å². The fourth-order valence-corrected chi connectivity index (χ4v) is 10.6. The Bertz CT molecular complexity index is 1270. The number of hydrogen-bond donors (Lipinski definition) is 2. The van der Waals surface area contributed by atoms with Crippen molar-refractivity contribution < 1.29 is 34.1 Å². The van der Waals surface area contributed by atoms with E-state index >= 15 is 0 Å². The van der Waals surface area contributed by atoms with Gasteiger partial charge in [-0.1, -0.05) is 55.8 Å². The molecule has 5 fully saturated rings. The second-order valence-electron chi connectivity index (χ2n) is 13.6. The molecule has 2 N–H and O–H groups in total. The minimum Gasteiger partial charge on any atom is -0.462 e. The molecular formula is C32H40O7. The zero-order chi connectivity index (χ0) is 28.3. The van der Waals surface area contributed by atoms with Crippen LogP contribution in [-0.4, -0.2) is 59.8 Å². The number of ketones is 2. The van der Waals surface area contributed by atoms with Gasteiger partial charge in [0.05, 0.1) is 24.2 Å². The molecule has 10 unspecified atom stereocenters. The van der Waals surface area contributed by atoms with Gasteiger partial charge in [-0.2, -0.15) is 0 Å². The summed E-state index contributed by atoms with van der Waals surface area (Å²) in [6.07, 6.45) is -0.568. The van der Waals surface area contributed by atoms with Gasteiger partial charge in [-0.3, -0.25) is 14.4 Å². The summed E-state index contributed by atoms with van der Waals surface area (Å²) >= 11 is 0. The number of carbonyl (C=O) groups excluding carboxylic acids is 3. The van der Waals surface area contributed by atoms with Crippen molar-refractivity contribution in [2.24, 2.45) is 45.3 Å². The van der Waals surface area contributed by atoms with Gasteiger partial charge < -0.3 is 19.7 Å². The Hall–Kier alpha value is -2.35. The number of aliphatic hydroxyl groups is 2. The average molecular weight is 537 g/mol. The predicted molar refractivity (Wildman–Crippen MR) is 143 cm³/mol. The van der Waals surface area contributed by atoms with E-state index in [9.17, 15) is 24.6 Å². The third-order valence-corrected chi connectivity index (χ3v) is 11.7. The van der Waals surface area contributed by atoms with Crippen LogP contribution in [0.5, 0.6) is 0 Å². The molecule has 0 heterocycles. The second kappa shape index (κ2) is 8.34. The van der Waals surface area contributed by atoms with Crippen LogP contribution < -0.4 is 0 Å². The standard InChI is InChI=1S/C32H40O7/c1-16-7-9-19(10-8-16)26(35)31-17(2)20-11-12-21-30(15-38-6)22(39-18(3)33)13-14-29(4,5)25(30)23(34)27(36)32(21,24(20)31)28(31)37/h7-10,20-25,27,34,36H,2,11-15H2,1,3-6H3. The van der Waals surface area contributed by atoms with E-state index in [0.717, 1.165) is 12.0 Å². The Morgan fingerprint density at radius 2 is 1.74 bits per heavy atom. The van der Waals surface area contributed by atoms with Crippen molar-refractivity contribution in [1.29, 1.82) is 0 Å². The van der Waals surface area contributed by atoms with Crippen molar-refractivity contribution in [2.75, 3.05) is 13.7 Å². The molecule has 0 radical (unpaired) electrons. The van der Waals surface area contributed by atoms with Gasteiger partial charge in [0, 0.05) is 36.8 Å². The van der Waals surface area contributed by atoms with Crippen molar-refractivity contribution in [1.82, 2.24) is 0 Å². The molecule has 210 valence electrons. The summed E-state index contributed by atoms with van der Waals surface area (Å²) in [6.45, 7) is 11.9. The van der Waals surface area contributed by atoms with E-state index in [2.05, 4.69) is 20.4 Å². The maximum Gasteiger partial charge on any atom is 0.302 e. The SMILES string of the molecule is C=C1C2CCC3C4(COC)C(OC(C)=O)CCC(C)(C)C4C(O)C(O)C34C(=O)C1(C(=O)c1ccc(C)cc1)C24. The van der Waals surface area contributed by atoms with Crippen LogP contribution in [0.4, 0.5) is 0 Å². The molecule has 1 aromatic carbocycles. The number of methoxy groups -OCH3 is 1. The number of aryl methyl sites for hydroxylation is 1. The van der Waals surface area contributed by atoms with Gasteiger partial charge in [0.1, 0.15) is 11.5 Å². The van der Waals surface area contributed by atoms with Crippen molar-refractivity contribution in [3.63, 3.8) is 0 Å². The highest BCUT2D eigenvalue weighted by Gasteiger charge is 2.91. The summed E-state index contributed by atoms with van der Waals surface area (Å²) < 4.78 is 11.8. The second-order valence-corrected chi connectivity index (χ2v) is 13.6. The number of carbonyl (C=O) groups is 3. The predicted octanol–water partition coefficient (Wildman–Crippen LogP) is 3.68. The molecule has 1 spiro atoms. The summed E-state index contributed by atoms with van der Waals surface area (Å²) in [7, 11) is 1.59. The lowest BCUT2D eigenvalue weighted by atomic mass is 9.19. The van der Waals surface area contributed by atoms with Gasteiger partial charge in [-0.25, -0.2) is 0 Å². The molecule has 5 aliphatic rings. The van der Waals surface area contributed by atoms with E-state index in [0.29, 0.717) is 30.4 Å². The van der Waals surface area contributed by atoms with Crippen LogP contribution in [0, 0.1) is 52.3 Å². The lowest BCUT2D eigenvalue weighted by Gasteiger charge is -2.81. The van der Waals surface area contributed by atoms with Gasteiger partial charge in [-0.05, 0) is 49.9 Å². The van der Waals surface area contributed by atoms with Crippen LogP contribution in [0.15, 0.2) is 36.4 Å². The third kappa shape index (κ3) is 2.87. The van der Waals surface area contributed by atoms with Crippen molar-refractivity contribution in [2.45, 2.75) is 71.7 Å². The Morgan fingerprint density at radius 3 is 2.36 bits per heavy atom. The van der Waals surface area contributed by atoms with Crippen LogP contribution in [0.25, 0.3) is 0 Å². The molecule has 0 amide bonds. The van der Waals surface area contributed by atoms with Gasteiger partial charge in [0.25, 0.3) is 0 Å². The third-order valence-electron chi connectivity index (χ3n) is 11.7. The zero-order valence-corrected chi connectivity index (χ0v) is 23.5. The van der Waals surface area contributed by atoms with E-state index in [1.165, 1.54) is 6.92 Å². The summed E-state index contributed by atoms with van der Waals surface area (Å²) in [4.78, 5) is 41.2. The number of rotatable bonds is 5. The fourth-order valence-electron chi connectivity index (χ4n) is 10.6. The summed E-state index contributed by atoms with van der Waals surface area (Å²) in [5, 5.41) is 24.0. The van der Waals surface area contributed by atoms with Crippen LogP contribution in [0.1, 0.15) is 62.4 Å². The molecule has 7 heteroatoms. The van der Waals surface area contributed by atoms with E-state index < -0.39 is 63.7 Å². The number of esters is 1. The maximum absolute atomic E-state index is 14.8. The molecule has 10 atom stereocenters. The van der Waals surface area contributed by atoms with E-state index in [1.807, 2.05) is 19.1 Å². The van der Waals surface area contributed by atoms with Gasteiger partial charge in [-0.15, -0.1) is 0 Å². The molecule has 0 bridgehead atoms. The highest BCUT2D eigenvalue weighted by molar-refractivity contribution is 6.25. The first-order chi connectivity index (χ1) is 18.3. The number of ether oxygens (including phenoxy) is 2. The number of allylic oxidation sites excluding steroid dienone is 1. The van der Waals surface area contributed by atoms with Crippen molar-refractivity contribution in [3.05, 3.63) is 47.5 Å². The summed E-state index contributed by atoms with van der Waals surface area (Å²) in [5.74, 6) is -2.45. The van der Waals surface area contributed by atoms with Crippen LogP contribution in [0.2, 0.25) is 0 Å². The molecule has 0 aliphatic heterocycles. The number of benzene rings is 1. The van der Waals surface area contributed by atoms with Crippen molar-refractivity contribution >= 4 is 17.5 Å². The first-order valence-electron chi connectivity index (χ1n) is 14.2. The Kier molecular flexibility index (Phi) is 5.74. The largest absolute Gasteiger partial charge is 0.462 e. The molecule has 5 aliphatic carbocycles. The average Bonchev–Trinajstić information content (AvgIpc) is 2.87. The highest BCUT2D eigenvalue weighted by atomic mass is 16.5. The van der Waals surface area contributed by atoms with E-state index in [-0.39, 0.29) is 24.1 Å². The lowest BCUT2D eigenvalue weighted by Crippen LogP contribution is -2.90. The quantitative estimate of drug-likeness (QED) is 0.256. The monoisotopic (exact) mass is 536 g/mol. The number of fused-ring (bicyclic) bond motifs is 2. The molecule has 0 aromatic heterocycles. The van der Waals surface area contributed by atoms with Crippen LogP contribution in [-0.2, 0) is 19.1 Å². The normalized spacial score (nSPS) is 45.2. The fraction of sp³-hybridized carbons (Fsp3) is 0.656. The minimum absolute atomic E-state index is 0.0879. The molecule has 7 nitrogen and oxygen atoms in total. The minimum atomic E-state index is -1.39. The molecule has 39 heavy (non-hydrogen) atoms. The zero-order valence-electron chi connectivity index (χ0n) is 23.5. The highest BCUT2D eigenvalue weighted by Crippen LogP contribution is 2.84. The van der Waals surface area contributed by atoms with E-state index in [1.54, 1.807) is 19.2 Å². The summed E-state index contributed by atoms with van der Waals surface area (Å²) in [6, 6.07) is 7.22. The van der Waals surface area contributed by atoms with Crippen molar-refractivity contribution in [3.8, 4) is 0 Å². The molecule has 0 saturated heterocycles. The molecule has 5 saturated carbocycles. The molecular weight excluding hydrogens is 496 g/mol. The van der Waals surface area contributed by atoms with Gasteiger partial charge >= 0.3 is 5.97 Å². The smallest absolute Gasteiger partial charge is 0.302 e. The van der Waals surface area contributed by atoms with E-state index in [4.69, 9.17) is 9.47 Å². The maximum atomic E-state index is 14.8.